The van der Waals surface area contributed by atoms with Crippen molar-refractivity contribution in [2.45, 2.75) is 23.3 Å². The predicted molar refractivity (Wildman–Crippen MR) is 79.1 cm³/mol. The van der Waals surface area contributed by atoms with E-state index in [2.05, 4.69) is 74.4 Å². The fourth-order valence-corrected chi connectivity index (χ4v) is 2.78. The molecule has 0 aliphatic rings. The maximum atomic E-state index is 2.22. The lowest BCUT2D eigenvalue weighted by Gasteiger charge is -2.10. The Morgan fingerprint density at radius 1 is 0.944 bits per heavy atom. The van der Waals surface area contributed by atoms with Gasteiger partial charge in [0, 0.05) is 16.3 Å². The summed E-state index contributed by atoms with van der Waals surface area (Å²) >= 11 is 1.82. The first-order chi connectivity index (χ1) is 8.63. The fraction of sp³-hybridized carbons (Fsp3) is 0.250. The van der Waals surface area contributed by atoms with Crippen molar-refractivity contribution in [2.75, 3.05) is 14.1 Å². The van der Waals surface area contributed by atoms with Crippen molar-refractivity contribution >= 4 is 11.8 Å². The Hall–Kier alpha value is -1.25. The molecule has 94 valence electrons. The van der Waals surface area contributed by atoms with E-state index < -0.39 is 0 Å². The molecule has 0 bridgehead atoms. The van der Waals surface area contributed by atoms with Crippen LogP contribution in [0.1, 0.15) is 11.1 Å². The lowest BCUT2D eigenvalue weighted by molar-refractivity contribution is 0.402. The molecular weight excluding hydrogens is 238 g/mol. The quantitative estimate of drug-likeness (QED) is 0.807. The molecule has 0 radical (unpaired) electrons. The topological polar surface area (TPSA) is 3.24 Å². The van der Waals surface area contributed by atoms with E-state index in [9.17, 15) is 0 Å². The molecule has 0 unspecified atom stereocenters. The molecule has 18 heavy (non-hydrogen) atoms. The molecule has 0 aliphatic heterocycles. The third-order valence-electron chi connectivity index (χ3n) is 2.65. The third kappa shape index (κ3) is 3.90. The summed E-state index contributed by atoms with van der Waals surface area (Å²) in [5.41, 5.74) is 2.66. The summed E-state index contributed by atoms with van der Waals surface area (Å²) in [5.74, 6) is 0. The van der Waals surface area contributed by atoms with Gasteiger partial charge in [0.1, 0.15) is 0 Å². The van der Waals surface area contributed by atoms with Crippen molar-refractivity contribution < 1.29 is 0 Å². The second-order valence-corrected chi connectivity index (χ2v) is 5.95. The molecule has 0 aromatic heterocycles. The van der Waals surface area contributed by atoms with Crippen LogP contribution in [0.2, 0.25) is 0 Å². The van der Waals surface area contributed by atoms with Gasteiger partial charge in [0.05, 0.1) is 0 Å². The van der Waals surface area contributed by atoms with Gasteiger partial charge in [0.15, 0.2) is 0 Å². The fourth-order valence-electron chi connectivity index (χ4n) is 1.84. The lowest BCUT2D eigenvalue weighted by atomic mass is 10.2. The van der Waals surface area contributed by atoms with Crippen molar-refractivity contribution in [1.82, 2.24) is 4.90 Å². The van der Waals surface area contributed by atoms with E-state index in [1.807, 2.05) is 11.8 Å². The molecule has 1 nitrogen and oxygen atoms in total. The number of benzene rings is 2. The minimum absolute atomic E-state index is 0.995. The first kappa shape index (κ1) is 13.2. The summed E-state index contributed by atoms with van der Waals surface area (Å²) in [6.45, 7) is 3.12. The van der Waals surface area contributed by atoms with E-state index in [0.717, 1.165) is 6.54 Å². The summed E-state index contributed by atoms with van der Waals surface area (Å²) < 4.78 is 0. The Balaban J connectivity index is 2.06. The molecule has 0 N–H and O–H groups in total. The van der Waals surface area contributed by atoms with Crippen LogP contribution < -0.4 is 0 Å². The van der Waals surface area contributed by atoms with E-state index >= 15 is 0 Å². The van der Waals surface area contributed by atoms with Crippen molar-refractivity contribution in [1.29, 1.82) is 0 Å². The van der Waals surface area contributed by atoms with Crippen LogP contribution >= 0.6 is 11.8 Å². The molecule has 0 saturated heterocycles. The average Bonchev–Trinajstić information content (AvgIpc) is 2.31. The van der Waals surface area contributed by atoms with Crippen LogP contribution in [0.15, 0.2) is 58.3 Å². The zero-order chi connectivity index (χ0) is 13.0. The van der Waals surface area contributed by atoms with Gasteiger partial charge in [-0.15, -0.1) is 0 Å². The molecular formula is C16H19NS. The minimum Gasteiger partial charge on any atom is -0.305 e. The standard InChI is InChI=1S/C16H19NS/c1-13-5-4-6-16(11-13)18-15-9-7-14(8-10-15)12-17(2)3/h4-11H,12H2,1-3H3. The molecule has 2 heteroatoms. The molecule has 0 spiro atoms. The van der Waals surface area contributed by atoms with Crippen LogP contribution in [0.4, 0.5) is 0 Å². The Labute approximate surface area is 114 Å². The number of aryl methyl sites for hydroxylation is 1. The first-order valence-electron chi connectivity index (χ1n) is 6.12. The molecule has 0 heterocycles. The van der Waals surface area contributed by atoms with Crippen LogP contribution in [0.25, 0.3) is 0 Å². The van der Waals surface area contributed by atoms with Crippen molar-refractivity contribution in [3.05, 3.63) is 59.7 Å². The van der Waals surface area contributed by atoms with E-state index in [-0.39, 0.29) is 0 Å². The van der Waals surface area contributed by atoms with Crippen molar-refractivity contribution in [3.8, 4) is 0 Å². The average molecular weight is 257 g/mol. The summed E-state index contributed by atoms with van der Waals surface area (Å²) in [4.78, 5) is 4.78. The summed E-state index contributed by atoms with van der Waals surface area (Å²) in [5, 5.41) is 0. The molecule has 2 aromatic carbocycles. The Kier molecular flexibility index (Phi) is 4.45. The monoisotopic (exact) mass is 257 g/mol. The van der Waals surface area contributed by atoms with Crippen LogP contribution in [-0.4, -0.2) is 19.0 Å². The third-order valence-corrected chi connectivity index (χ3v) is 3.64. The first-order valence-corrected chi connectivity index (χ1v) is 6.93. The zero-order valence-electron chi connectivity index (χ0n) is 11.2. The summed E-state index contributed by atoms with van der Waals surface area (Å²) in [7, 11) is 4.19. The summed E-state index contributed by atoms with van der Waals surface area (Å²) in [6.07, 6.45) is 0. The minimum atomic E-state index is 0.995. The second kappa shape index (κ2) is 6.07. The molecule has 2 rings (SSSR count). The molecule has 0 fully saturated rings. The lowest BCUT2D eigenvalue weighted by Crippen LogP contribution is -2.10. The Morgan fingerprint density at radius 3 is 2.28 bits per heavy atom. The second-order valence-electron chi connectivity index (χ2n) is 4.80. The van der Waals surface area contributed by atoms with Crippen LogP contribution in [0.5, 0.6) is 0 Å². The SMILES string of the molecule is Cc1cccc(Sc2ccc(CN(C)C)cc2)c1. The van der Waals surface area contributed by atoms with Gasteiger partial charge in [0.25, 0.3) is 0 Å². The van der Waals surface area contributed by atoms with Crippen molar-refractivity contribution in [2.24, 2.45) is 0 Å². The molecule has 0 atom stereocenters. The maximum Gasteiger partial charge on any atom is 0.0227 e. The molecule has 0 amide bonds. The molecule has 0 aliphatic carbocycles. The summed E-state index contributed by atoms with van der Waals surface area (Å²) in [6, 6.07) is 17.4. The maximum absolute atomic E-state index is 2.22. The van der Waals surface area contributed by atoms with Crippen molar-refractivity contribution in [3.63, 3.8) is 0 Å². The highest BCUT2D eigenvalue weighted by Crippen LogP contribution is 2.28. The van der Waals surface area contributed by atoms with E-state index in [4.69, 9.17) is 0 Å². The van der Waals surface area contributed by atoms with Gasteiger partial charge >= 0.3 is 0 Å². The molecule has 0 saturated carbocycles. The van der Waals surface area contributed by atoms with Gasteiger partial charge in [-0.05, 0) is 50.8 Å². The highest BCUT2D eigenvalue weighted by molar-refractivity contribution is 7.99. The zero-order valence-corrected chi connectivity index (χ0v) is 12.0. The van der Waals surface area contributed by atoms with Gasteiger partial charge in [-0.1, -0.05) is 41.6 Å². The highest BCUT2D eigenvalue weighted by Gasteiger charge is 1.99. The highest BCUT2D eigenvalue weighted by atomic mass is 32.2. The van der Waals surface area contributed by atoms with E-state index in [0.29, 0.717) is 0 Å². The smallest absolute Gasteiger partial charge is 0.0227 e. The number of hydrogen-bond donors (Lipinski definition) is 0. The number of hydrogen-bond acceptors (Lipinski definition) is 2. The number of nitrogens with zero attached hydrogens (tertiary/aromatic N) is 1. The van der Waals surface area contributed by atoms with Gasteiger partial charge < -0.3 is 4.90 Å². The molecule has 2 aromatic rings. The van der Waals surface area contributed by atoms with Crippen LogP contribution in [0, 0.1) is 6.92 Å². The van der Waals surface area contributed by atoms with E-state index in [1.54, 1.807) is 0 Å². The van der Waals surface area contributed by atoms with Gasteiger partial charge in [-0.25, -0.2) is 0 Å². The largest absolute Gasteiger partial charge is 0.305 e. The Morgan fingerprint density at radius 2 is 1.67 bits per heavy atom. The Bertz CT molecular complexity index is 503. The van der Waals surface area contributed by atoms with Gasteiger partial charge in [-0.2, -0.15) is 0 Å². The van der Waals surface area contributed by atoms with Gasteiger partial charge in [0.2, 0.25) is 0 Å². The van der Waals surface area contributed by atoms with Crippen LogP contribution in [0.3, 0.4) is 0 Å². The normalized spacial score (nSPS) is 10.9. The number of rotatable bonds is 4. The van der Waals surface area contributed by atoms with Crippen LogP contribution in [-0.2, 0) is 6.54 Å². The van der Waals surface area contributed by atoms with E-state index in [1.165, 1.54) is 20.9 Å². The predicted octanol–water partition coefficient (Wildman–Crippen LogP) is 4.21. The van der Waals surface area contributed by atoms with Gasteiger partial charge in [-0.3, -0.25) is 0 Å².